The number of rotatable bonds is 4. The zero-order chi connectivity index (χ0) is 15.4. The molecule has 1 amide bonds. The monoisotopic (exact) mass is 309 g/mol. The van der Waals surface area contributed by atoms with Gasteiger partial charge >= 0.3 is 0 Å². The molecule has 4 heteroatoms. The van der Waals surface area contributed by atoms with Crippen LogP contribution < -0.4 is 5.32 Å². The van der Waals surface area contributed by atoms with Crippen LogP contribution in [0.15, 0.2) is 29.2 Å². The number of benzene rings is 1. The fraction of sp³-hybridized carbons (Fsp3) is 0.588. The molecular formula is C17H24FNOS. The third kappa shape index (κ3) is 4.47. The van der Waals surface area contributed by atoms with Crippen molar-refractivity contribution in [1.82, 2.24) is 5.32 Å². The standard InChI is InChI=1S/C17H24FNOS/c1-11-5-4-6-16(12(11)2)19-17(20)13(3)21-15-9-7-14(18)8-10-15/h7-13,16H,4-6H2,1-3H3,(H,19,20)/t11-,12+,13+,16-/m0/s1. The Bertz CT molecular complexity index is 476. The first-order chi connectivity index (χ1) is 9.97. The van der Waals surface area contributed by atoms with Crippen LogP contribution in [0.1, 0.15) is 40.0 Å². The summed E-state index contributed by atoms with van der Waals surface area (Å²) in [6.45, 7) is 6.40. The van der Waals surface area contributed by atoms with E-state index in [1.54, 1.807) is 12.1 Å². The average molecular weight is 309 g/mol. The third-order valence-electron chi connectivity index (χ3n) is 4.53. The van der Waals surface area contributed by atoms with E-state index in [0.717, 1.165) is 11.3 Å². The van der Waals surface area contributed by atoms with Gasteiger partial charge in [-0.15, -0.1) is 11.8 Å². The van der Waals surface area contributed by atoms with Crippen LogP contribution in [0.2, 0.25) is 0 Å². The molecule has 0 spiro atoms. The second-order valence-corrected chi connectivity index (χ2v) is 7.51. The molecule has 0 saturated heterocycles. The fourth-order valence-electron chi connectivity index (χ4n) is 2.86. The molecule has 2 nitrogen and oxygen atoms in total. The summed E-state index contributed by atoms with van der Waals surface area (Å²) < 4.78 is 12.9. The van der Waals surface area contributed by atoms with Gasteiger partial charge in [-0.25, -0.2) is 4.39 Å². The molecule has 0 radical (unpaired) electrons. The summed E-state index contributed by atoms with van der Waals surface area (Å²) in [5, 5.41) is 3.03. The van der Waals surface area contributed by atoms with Gasteiger partial charge < -0.3 is 5.32 Å². The number of halogens is 1. The van der Waals surface area contributed by atoms with Crippen LogP contribution in [-0.4, -0.2) is 17.2 Å². The first-order valence-electron chi connectivity index (χ1n) is 7.70. The molecule has 2 rings (SSSR count). The molecule has 21 heavy (non-hydrogen) atoms. The van der Waals surface area contributed by atoms with E-state index in [2.05, 4.69) is 19.2 Å². The Kier molecular flexibility index (Phi) is 5.68. The van der Waals surface area contributed by atoms with Crippen molar-refractivity contribution in [2.75, 3.05) is 0 Å². The summed E-state index contributed by atoms with van der Waals surface area (Å²) in [6, 6.07) is 6.58. The second kappa shape index (κ2) is 7.30. The van der Waals surface area contributed by atoms with Crippen LogP contribution in [0.3, 0.4) is 0 Å². The van der Waals surface area contributed by atoms with E-state index in [9.17, 15) is 9.18 Å². The van der Waals surface area contributed by atoms with Gasteiger partial charge in [0.2, 0.25) is 5.91 Å². The third-order valence-corrected chi connectivity index (χ3v) is 5.64. The Labute approximate surface area is 130 Å². The van der Waals surface area contributed by atoms with E-state index in [1.807, 2.05) is 6.92 Å². The van der Waals surface area contributed by atoms with Crippen molar-refractivity contribution in [3.63, 3.8) is 0 Å². The van der Waals surface area contributed by atoms with E-state index >= 15 is 0 Å². The van der Waals surface area contributed by atoms with Crippen molar-refractivity contribution in [3.05, 3.63) is 30.1 Å². The molecular weight excluding hydrogens is 285 g/mol. The van der Waals surface area contributed by atoms with E-state index in [4.69, 9.17) is 0 Å². The van der Waals surface area contributed by atoms with E-state index in [0.29, 0.717) is 11.8 Å². The lowest BCUT2D eigenvalue weighted by Gasteiger charge is -2.35. The first-order valence-corrected chi connectivity index (χ1v) is 8.58. The van der Waals surface area contributed by atoms with Crippen LogP contribution in [-0.2, 0) is 4.79 Å². The van der Waals surface area contributed by atoms with Crippen molar-refractivity contribution in [2.24, 2.45) is 11.8 Å². The molecule has 1 fully saturated rings. The SMILES string of the molecule is C[C@H]1[C@@H](NC(=O)[C@@H](C)Sc2ccc(F)cc2)CCC[C@@H]1C. The molecule has 0 aliphatic heterocycles. The van der Waals surface area contributed by atoms with E-state index in [1.165, 1.54) is 36.7 Å². The van der Waals surface area contributed by atoms with Gasteiger partial charge in [-0.3, -0.25) is 4.79 Å². The topological polar surface area (TPSA) is 29.1 Å². The highest BCUT2D eigenvalue weighted by atomic mass is 32.2. The lowest BCUT2D eigenvalue weighted by atomic mass is 9.78. The summed E-state index contributed by atoms with van der Waals surface area (Å²) >= 11 is 1.47. The fourth-order valence-corrected chi connectivity index (χ4v) is 3.73. The predicted octanol–water partition coefficient (Wildman–Crippen LogP) is 4.25. The quantitative estimate of drug-likeness (QED) is 0.843. The Balaban J connectivity index is 1.88. The lowest BCUT2D eigenvalue weighted by Crippen LogP contribution is -2.46. The van der Waals surface area contributed by atoms with Gasteiger partial charge in [-0.05, 0) is 49.4 Å². The van der Waals surface area contributed by atoms with Gasteiger partial charge in [0.1, 0.15) is 5.82 Å². The predicted molar refractivity (Wildman–Crippen MR) is 85.8 cm³/mol. The maximum absolute atomic E-state index is 12.9. The normalized spacial score (nSPS) is 27.1. The lowest BCUT2D eigenvalue weighted by molar-refractivity contribution is -0.121. The second-order valence-electron chi connectivity index (χ2n) is 6.10. The molecule has 116 valence electrons. The molecule has 1 aromatic carbocycles. The van der Waals surface area contributed by atoms with E-state index in [-0.39, 0.29) is 23.0 Å². The number of carbonyl (C=O) groups excluding carboxylic acids is 1. The minimum absolute atomic E-state index is 0.0790. The highest BCUT2D eigenvalue weighted by Gasteiger charge is 2.29. The highest BCUT2D eigenvalue weighted by Crippen LogP contribution is 2.30. The zero-order valence-electron chi connectivity index (χ0n) is 12.9. The Morgan fingerprint density at radius 2 is 1.95 bits per heavy atom. The Morgan fingerprint density at radius 1 is 1.29 bits per heavy atom. The van der Waals surface area contributed by atoms with Gasteiger partial charge in [-0.1, -0.05) is 26.7 Å². The molecule has 0 bridgehead atoms. The molecule has 0 heterocycles. The summed E-state index contributed by atoms with van der Waals surface area (Å²) in [7, 11) is 0. The largest absolute Gasteiger partial charge is 0.352 e. The van der Waals surface area contributed by atoms with Crippen LogP contribution in [0.25, 0.3) is 0 Å². The van der Waals surface area contributed by atoms with Crippen molar-refractivity contribution < 1.29 is 9.18 Å². The summed E-state index contributed by atoms with van der Waals surface area (Å²) in [6.07, 6.45) is 3.52. The van der Waals surface area contributed by atoms with Crippen molar-refractivity contribution >= 4 is 17.7 Å². The van der Waals surface area contributed by atoms with Gasteiger partial charge in [0, 0.05) is 10.9 Å². The number of nitrogens with one attached hydrogen (secondary N) is 1. The minimum Gasteiger partial charge on any atom is -0.352 e. The Morgan fingerprint density at radius 3 is 2.62 bits per heavy atom. The first kappa shape index (κ1) is 16.3. The summed E-state index contributed by atoms with van der Waals surface area (Å²) in [5.74, 6) is 1.03. The zero-order valence-corrected chi connectivity index (χ0v) is 13.8. The molecule has 1 aromatic rings. The van der Waals surface area contributed by atoms with Gasteiger partial charge in [0.25, 0.3) is 0 Å². The summed E-state index contributed by atoms with van der Waals surface area (Å²) in [5.41, 5.74) is 0. The van der Waals surface area contributed by atoms with Crippen LogP contribution in [0, 0.1) is 17.7 Å². The van der Waals surface area contributed by atoms with Crippen LogP contribution >= 0.6 is 11.8 Å². The van der Waals surface area contributed by atoms with Crippen LogP contribution in [0.4, 0.5) is 4.39 Å². The number of thioether (sulfide) groups is 1. The average Bonchev–Trinajstić information content (AvgIpc) is 2.46. The van der Waals surface area contributed by atoms with Crippen molar-refractivity contribution in [2.45, 2.75) is 56.2 Å². The minimum atomic E-state index is -0.249. The van der Waals surface area contributed by atoms with E-state index < -0.39 is 0 Å². The highest BCUT2D eigenvalue weighted by molar-refractivity contribution is 8.00. The molecule has 0 unspecified atom stereocenters. The number of hydrogen-bond donors (Lipinski definition) is 1. The van der Waals surface area contributed by atoms with Crippen molar-refractivity contribution in [3.8, 4) is 0 Å². The van der Waals surface area contributed by atoms with Gasteiger partial charge in [0.15, 0.2) is 0 Å². The number of amides is 1. The molecule has 1 aliphatic rings. The molecule has 1 N–H and O–H groups in total. The summed E-state index contributed by atoms with van der Waals surface area (Å²) in [4.78, 5) is 13.2. The maximum Gasteiger partial charge on any atom is 0.233 e. The smallest absolute Gasteiger partial charge is 0.233 e. The number of hydrogen-bond acceptors (Lipinski definition) is 2. The Hall–Kier alpha value is -1.03. The number of carbonyl (C=O) groups is 1. The molecule has 1 aliphatic carbocycles. The van der Waals surface area contributed by atoms with Crippen LogP contribution in [0.5, 0.6) is 0 Å². The van der Waals surface area contributed by atoms with Crippen molar-refractivity contribution in [1.29, 1.82) is 0 Å². The van der Waals surface area contributed by atoms with Gasteiger partial charge in [0.05, 0.1) is 5.25 Å². The molecule has 0 aromatic heterocycles. The maximum atomic E-state index is 12.9. The molecule has 4 atom stereocenters. The molecule has 1 saturated carbocycles. The van der Waals surface area contributed by atoms with Gasteiger partial charge in [-0.2, -0.15) is 0 Å².